The average molecular weight is 200 g/mol. The fraction of sp³-hybridized carbons (Fsp3) is 0.556. The topological polar surface area (TPSA) is 29.0 Å². The minimum absolute atomic E-state index is 0.696. The summed E-state index contributed by atoms with van der Waals surface area (Å²) in [5.74, 6) is 1.67. The summed E-state index contributed by atoms with van der Waals surface area (Å²) in [6.07, 6.45) is 4.31. The van der Waals surface area contributed by atoms with Crippen LogP contribution in [-0.4, -0.2) is 28.9 Å². The minimum Gasteiger partial charge on any atom is -0.357 e. The van der Waals surface area contributed by atoms with Gasteiger partial charge in [0.1, 0.15) is 12.1 Å². The molecule has 1 heterocycles. The van der Waals surface area contributed by atoms with E-state index in [1.54, 1.807) is 12.5 Å². The zero-order valence-corrected chi connectivity index (χ0v) is 8.54. The van der Waals surface area contributed by atoms with Gasteiger partial charge in [-0.15, -0.1) is 11.6 Å². The van der Waals surface area contributed by atoms with Crippen LogP contribution in [-0.2, 0) is 0 Å². The first-order chi connectivity index (χ1) is 6.38. The number of aromatic nitrogens is 2. The van der Waals surface area contributed by atoms with Gasteiger partial charge in [0.25, 0.3) is 0 Å². The Kier molecular flexibility index (Phi) is 4.54. The van der Waals surface area contributed by atoms with E-state index in [0.717, 1.165) is 25.3 Å². The van der Waals surface area contributed by atoms with Gasteiger partial charge in [-0.2, -0.15) is 0 Å². The molecule has 0 atom stereocenters. The van der Waals surface area contributed by atoms with Gasteiger partial charge in [0.05, 0.1) is 0 Å². The van der Waals surface area contributed by atoms with E-state index in [9.17, 15) is 0 Å². The van der Waals surface area contributed by atoms with E-state index in [-0.39, 0.29) is 0 Å². The maximum absolute atomic E-state index is 5.63. The van der Waals surface area contributed by atoms with Crippen LogP contribution >= 0.6 is 11.6 Å². The van der Waals surface area contributed by atoms with Crippen LogP contribution in [0.25, 0.3) is 0 Å². The lowest BCUT2D eigenvalue weighted by atomic mass is 10.4. The van der Waals surface area contributed by atoms with Crippen LogP contribution < -0.4 is 4.90 Å². The second kappa shape index (κ2) is 5.75. The summed E-state index contributed by atoms with van der Waals surface area (Å²) in [5.41, 5.74) is 0. The van der Waals surface area contributed by atoms with Crippen LogP contribution in [0.2, 0.25) is 0 Å². The molecule has 0 amide bonds. The quantitative estimate of drug-likeness (QED) is 0.679. The zero-order valence-electron chi connectivity index (χ0n) is 7.78. The lowest BCUT2D eigenvalue weighted by Gasteiger charge is -2.20. The van der Waals surface area contributed by atoms with Crippen LogP contribution in [0.4, 0.5) is 5.82 Å². The van der Waals surface area contributed by atoms with Gasteiger partial charge >= 0.3 is 0 Å². The van der Waals surface area contributed by atoms with Gasteiger partial charge in [0.2, 0.25) is 0 Å². The first-order valence-electron chi connectivity index (χ1n) is 4.45. The number of hydrogen-bond acceptors (Lipinski definition) is 3. The van der Waals surface area contributed by atoms with Gasteiger partial charge in [0.15, 0.2) is 0 Å². The molecule has 13 heavy (non-hydrogen) atoms. The van der Waals surface area contributed by atoms with Gasteiger partial charge in [-0.05, 0) is 19.4 Å². The summed E-state index contributed by atoms with van der Waals surface area (Å²) in [5, 5.41) is 0. The Morgan fingerprint density at radius 2 is 2.38 bits per heavy atom. The lowest BCUT2D eigenvalue weighted by Crippen LogP contribution is -2.25. The molecule has 0 saturated heterocycles. The number of hydrogen-bond donors (Lipinski definition) is 0. The Balaban J connectivity index is 2.56. The molecule has 4 heteroatoms. The molecular formula is C9H14ClN3. The Morgan fingerprint density at radius 3 is 2.92 bits per heavy atom. The van der Waals surface area contributed by atoms with Crippen molar-refractivity contribution in [2.45, 2.75) is 13.3 Å². The van der Waals surface area contributed by atoms with E-state index in [0.29, 0.717) is 5.88 Å². The average Bonchev–Trinajstić information content (AvgIpc) is 2.21. The monoisotopic (exact) mass is 199 g/mol. The highest BCUT2D eigenvalue weighted by Crippen LogP contribution is 2.08. The summed E-state index contributed by atoms with van der Waals surface area (Å²) in [4.78, 5) is 10.2. The van der Waals surface area contributed by atoms with Gasteiger partial charge in [0, 0.05) is 25.2 Å². The Hall–Kier alpha value is -0.830. The molecule has 0 radical (unpaired) electrons. The predicted molar refractivity (Wildman–Crippen MR) is 55.3 cm³/mol. The maximum Gasteiger partial charge on any atom is 0.131 e. The van der Waals surface area contributed by atoms with Crippen LogP contribution in [0, 0.1) is 0 Å². The molecule has 0 bridgehead atoms. The molecule has 0 aromatic carbocycles. The van der Waals surface area contributed by atoms with Gasteiger partial charge in [-0.1, -0.05) is 0 Å². The first kappa shape index (κ1) is 10.3. The number of rotatable bonds is 5. The van der Waals surface area contributed by atoms with Crippen molar-refractivity contribution in [2.75, 3.05) is 23.9 Å². The minimum atomic E-state index is 0.696. The van der Waals surface area contributed by atoms with E-state index in [2.05, 4.69) is 21.8 Å². The second-order valence-electron chi connectivity index (χ2n) is 2.69. The molecule has 0 N–H and O–H groups in total. The molecule has 0 aliphatic rings. The summed E-state index contributed by atoms with van der Waals surface area (Å²) >= 11 is 5.63. The fourth-order valence-electron chi connectivity index (χ4n) is 1.16. The summed E-state index contributed by atoms with van der Waals surface area (Å²) in [6, 6.07) is 1.91. The van der Waals surface area contributed by atoms with Crippen LogP contribution in [0.1, 0.15) is 13.3 Å². The van der Waals surface area contributed by atoms with Crippen molar-refractivity contribution in [3.8, 4) is 0 Å². The highest BCUT2D eigenvalue weighted by Gasteiger charge is 2.03. The standard InChI is InChI=1S/C9H14ClN3/c1-2-13(7-3-5-10)9-4-6-11-8-12-9/h4,6,8H,2-3,5,7H2,1H3. The Morgan fingerprint density at radius 1 is 1.54 bits per heavy atom. The number of nitrogens with zero attached hydrogens (tertiary/aromatic N) is 3. The smallest absolute Gasteiger partial charge is 0.131 e. The van der Waals surface area contributed by atoms with E-state index < -0.39 is 0 Å². The molecule has 0 unspecified atom stereocenters. The first-order valence-corrected chi connectivity index (χ1v) is 4.99. The largest absolute Gasteiger partial charge is 0.357 e. The second-order valence-corrected chi connectivity index (χ2v) is 3.07. The van der Waals surface area contributed by atoms with E-state index in [4.69, 9.17) is 11.6 Å². The number of halogens is 1. The van der Waals surface area contributed by atoms with Crippen molar-refractivity contribution in [2.24, 2.45) is 0 Å². The highest BCUT2D eigenvalue weighted by atomic mass is 35.5. The van der Waals surface area contributed by atoms with Crippen LogP contribution in [0.5, 0.6) is 0 Å². The molecule has 3 nitrogen and oxygen atoms in total. The van der Waals surface area contributed by atoms with Gasteiger partial charge in [-0.25, -0.2) is 9.97 Å². The van der Waals surface area contributed by atoms with Crippen molar-refractivity contribution < 1.29 is 0 Å². The molecule has 1 aromatic rings. The summed E-state index contributed by atoms with van der Waals surface area (Å²) < 4.78 is 0. The Labute approximate surface area is 83.8 Å². The highest BCUT2D eigenvalue weighted by molar-refractivity contribution is 6.17. The van der Waals surface area contributed by atoms with Crippen molar-refractivity contribution in [1.29, 1.82) is 0 Å². The Bertz CT molecular complexity index is 228. The molecule has 1 aromatic heterocycles. The molecule has 1 rings (SSSR count). The predicted octanol–water partition coefficient (Wildman–Crippen LogP) is 1.93. The van der Waals surface area contributed by atoms with Crippen LogP contribution in [0.15, 0.2) is 18.6 Å². The van der Waals surface area contributed by atoms with E-state index in [1.807, 2.05) is 6.07 Å². The molecule has 0 aliphatic carbocycles. The third-order valence-electron chi connectivity index (χ3n) is 1.83. The summed E-state index contributed by atoms with van der Waals surface area (Å²) in [7, 11) is 0. The third kappa shape index (κ3) is 3.19. The molecular weight excluding hydrogens is 186 g/mol. The van der Waals surface area contributed by atoms with Crippen molar-refractivity contribution in [3.05, 3.63) is 18.6 Å². The molecule has 72 valence electrons. The third-order valence-corrected chi connectivity index (χ3v) is 2.10. The van der Waals surface area contributed by atoms with Crippen molar-refractivity contribution in [3.63, 3.8) is 0 Å². The zero-order chi connectivity index (χ0) is 9.52. The summed E-state index contributed by atoms with van der Waals surface area (Å²) in [6.45, 7) is 4.02. The molecule has 0 fully saturated rings. The van der Waals surface area contributed by atoms with Crippen molar-refractivity contribution >= 4 is 17.4 Å². The molecule has 0 saturated carbocycles. The molecule has 0 spiro atoms. The van der Waals surface area contributed by atoms with E-state index in [1.165, 1.54) is 0 Å². The lowest BCUT2D eigenvalue weighted by molar-refractivity contribution is 0.779. The fourth-order valence-corrected chi connectivity index (χ4v) is 1.28. The van der Waals surface area contributed by atoms with Gasteiger partial charge < -0.3 is 4.90 Å². The van der Waals surface area contributed by atoms with Crippen LogP contribution in [0.3, 0.4) is 0 Å². The maximum atomic E-state index is 5.63. The number of alkyl halides is 1. The number of anilines is 1. The normalized spacial score (nSPS) is 10.0. The van der Waals surface area contributed by atoms with Crippen molar-refractivity contribution in [1.82, 2.24) is 9.97 Å². The molecule has 0 aliphatic heterocycles. The SMILES string of the molecule is CCN(CCCCl)c1ccncn1. The van der Waals surface area contributed by atoms with E-state index >= 15 is 0 Å². The van der Waals surface area contributed by atoms with Gasteiger partial charge in [-0.3, -0.25) is 0 Å².